The Balaban J connectivity index is 1.84. The lowest BCUT2D eigenvalue weighted by Crippen LogP contribution is -2.28. The van der Waals surface area contributed by atoms with Crippen LogP contribution in [-0.2, 0) is 11.3 Å². The number of nitrogens with zero attached hydrogens (tertiary/aromatic N) is 2. The van der Waals surface area contributed by atoms with Crippen molar-refractivity contribution in [3.05, 3.63) is 56.9 Å². The van der Waals surface area contributed by atoms with E-state index in [1.165, 1.54) is 28.3 Å². The quantitative estimate of drug-likeness (QED) is 0.738. The maximum Gasteiger partial charge on any atom is 0.261 e. The van der Waals surface area contributed by atoms with E-state index in [-0.39, 0.29) is 17.7 Å². The van der Waals surface area contributed by atoms with Gasteiger partial charge in [-0.1, -0.05) is 11.6 Å². The second-order valence-corrected chi connectivity index (χ2v) is 6.27. The summed E-state index contributed by atoms with van der Waals surface area (Å²) < 4.78 is 1.18. The molecule has 9 heteroatoms. The first-order valence-corrected chi connectivity index (χ1v) is 8.03. The maximum absolute atomic E-state index is 12.4. The van der Waals surface area contributed by atoms with Gasteiger partial charge < -0.3 is 11.1 Å². The number of hydrogen-bond donors (Lipinski definition) is 2. The minimum absolute atomic E-state index is 0.229. The van der Waals surface area contributed by atoms with Gasteiger partial charge in [0.2, 0.25) is 5.91 Å². The molecule has 2 aromatic heterocycles. The molecule has 1 aromatic carbocycles. The van der Waals surface area contributed by atoms with Gasteiger partial charge in [0.1, 0.15) is 11.5 Å². The minimum atomic E-state index is -0.632. The van der Waals surface area contributed by atoms with Crippen molar-refractivity contribution >= 4 is 50.7 Å². The summed E-state index contributed by atoms with van der Waals surface area (Å²) in [5.41, 5.74) is 5.56. The van der Waals surface area contributed by atoms with E-state index in [1.807, 2.05) is 0 Å². The van der Waals surface area contributed by atoms with Crippen LogP contribution < -0.4 is 16.6 Å². The highest BCUT2D eigenvalue weighted by Gasteiger charge is 2.14. The average Bonchev–Trinajstić information content (AvgIpc) is 2.98. The van der Waals surface area contributed by atoms with Crippen molar-refractivity contribution in [1.29, 1.82) is 0 Å². The van der Waals surface area contributed by atoms with Crippen molar-refractivity contribution in [3.63, 3.8) is 0 Å². The number of carbonyl (C=O) groups excluding carboxylic acids is 2. The van der Waals surface area contributed by atoms with Gasteiger partial charge in [0.15, 0.2) is 0 Å². The number of fused-ring (bicyclic) bond motifs is 1. The molecule has 0 bridgehead atoms. The largest absolute Gasteiger partial charge is 0.366 e. The Bertz CT molecular complexity index is 1010. The Kier molecular flexibility index (Phi) is 4.32. The van der Waals surface area contributed by atoms with Crippen LogP contribution in [-0.4, -0.2) is 21.4 Å². The monoisotopic (exact) mass is 362 g/mol. The maximum atomic E-state index is 12.4. The van der Waals surface area contributed by atoms with E-state index < -0.39 is 11.8 Å². The highest BCUT2D eigenvalue weighted by molar-refractivity contribution is 7.14. The van der Waals surface area contributed by atoms with Gasteiger partial charge in [-0.05, 0) is 29.6 Å². The molecule has 0 saturated heterocycles. The molecule has 0 fully saturated rings. The summed E-state index contributed by atoms with van der Waals surface area (Å²) in [5.74, 6) is -1.09. The first-order chi connectivity index (χ1) is 11.5. The van der Waals surface area contributed by atoms with Crippen LogP contribution >= 0.6 is 22.9 Å². The van der Waals surface area contributed by atoms with E-state index in [9.17, 15) is 14.4 Å². The van der Waals surface area contributed by atoms with Crippen molar-refractivity contribution in [2.45, 2.75) is 6.54 Å². The van der Waals surface area contributed by atoms with Crippen molar-refractivity contribution < 1.29 is 9.59 Å². The molecule has 0 saturated carbocycles. The SMILES string of the molecule is NC(=O)c1ccsc1NC(=O)Cn1cnc2cc(Cl)ccc2c1=O. The summed E-state index contributed by atoms with van der Waals surface area (Å²) in [7, 11) is 0. The zero-order valence-corrected chi connectivity index (χ0v) is 13.7. The molecule has 3 rings (SSSR count). The first kappa shape index (κ1) is 16.2. The third-order valence-corrected chi connectivity index (χ3v) is 4.35. The third kappa shape index (κ3) is 3.15. The van der Waals surface area contributed by atoms with Crippen LogP contribution in [0, 0.1) is 0 Å². The number of rotatable bonds is 4. The van der Waals surface area contributed by atoms with Gasteiger partial charge in [0.05, 0.1) is 22.8 Å². The molecule has 3 N–H and O–H groups in total. The fraction of sp³-hybridized carbons (Fsp3) is 0.0667. The number of carbonyl (C=O) groups is 2. The summed E-state index contributed by atoms with van der Waals surface area (Å²) in [6.45, 7) is -0.236. The highest BCUT2D eigenvalue weighted by Crippen LogP contribution is 2.22. The molecule has 0 aliphatic carbocycles. The van der Waals surface area contributed by atoms with Crippen molar-refractivity contribution in [2.24, 2.45) is 5.73 Å². The van der Waals surface area contributed by atoms with Crippen LogP contribution in [0.15, 0.2) is 40.8 Å². The first-order valence-electron chi connectivity index (χ1n) is 6.77. The molecule has 2 amide bonds. The minimum Gasteiger partial charge on any atom is -0.366 e. The third-order valence-electron chi connectivity index (χ3n) is 3.28. The number of halogens is 1. The highest BCUT2D eigenvalue weighted by atomic mass is 35.5. The summed E-state index contributed by atoms with van der Waals surface area (Å²) in [6, 6.07) is 6.25. The number of amides is 2. The van der Waals surface area contributed by atoms with Crippen LogP contribution in [0.3, 0.4) is 0 Å². The van der Waals surface area contributed by atoms with E-state index >= 15 is 0 Å². The fourth-order valence-corrected chi connectivity index (χ4v) is 3.14. The van der Waals surface area contributed by atoms with Crippen molar-refractivity contribution in [2.75, 3.05) is 5.32 Å². The Morgan fingerprint density at radius 3 is 2.88 bits per heavy atom. The van der Waals surface area contributed by atoms with Crippen LogP contribution in [0.2, 0.25) is 5.02 Å². The van der Waals surface area contributed by atoms with Crippen molar-refractivity contribution in [3.8, 4) is 0 Å². The summed E-state index contributed by atoms with van der Waals surface area (Å²) in [4.78, 5) is 39.9. The molecule has 7 nitrogen and oxygen atoms in total. The zero-order chi connectivity index (χ0) is 17.3. The van der Waals surface area contributed by atoms with Crippen LogP contribution in [0.25, 0.3) is 10.9 Å². The Morgan fingerprint density at radius 1 is 1.33 bits per heavy atom. The van der Waals surface area contributed by atoms with E-state index in [0.29, 0.717) is 20.9 Å². The molecule has 0 aliphatic heterocycles. The number of primary amides is 1. The van der Waals surface area contributed by atoms with Gasteiger partial charge in [0, 0.05) is 5.02 Å². The topological polar surface area (TPSA) is 107 Å². The second-order valence-electron chi connectivity index (χ2n) is 4.91. The molecule has 24 heavy (non-hydrogen) atoms. The number of aromatic nitrogens is 2. The number of thiophene rings is 1. The number of nitrogens with one attached hydrogen (secondary N) is 1. The molecule has 0 radical (unpaired) electrons. The zero-order valence-electron chi connectivity index (χ0n) is 12.2. The molecule has 122 valence electrons. The van der Waals surface area contributed by atoms with Crippen molar-refractivity contribution in [1.82, 2.24) is 9.55 Å². The second kappa shape index (κ2) is 6.42. The van der Waals surface area contributed by atoms with Gasteiger partial charge in [-0.15, -0.1) is 11.3 Å². The summed E-state index contributed by atoms with van der Waals surface area (Å²) in [6.07, 6.45) is 1.28. The van der Waals surface area contributed by atoms with Gasteiger partial charge >= 0.3 is 0 Å². The predicted octanol–water partition coefficient (Wildman–Crippen LogP) is 1.85. The van der Waals surface area contributed by atoms with E-state index in [2.05, 4.69) is 10.3 Å². The number of benzene rings is 1. The van der Waals surface area contributed by atoms with Gasteiger partial charge in [-0.25, -0.2) is 4.98 Å². The molecular formula is C15H11ClN4O3S. The van der Waals surface area contributed by atoms with E-state index in [0.717, 1.165) is 0 Å². The fourth-order valence-electron chi connectivity index (χ4n) is 2.17. The molecule has 2 heterocycles. The standard InChI is InChI=1S/C15H11ClN4O3S/c16-8-1-2-9-11(5-8)18-7-20(15(9)23)6-12(21)19-14-10(13(17)22)3-4-24-14/h1-5,7H,6H2,(H2,17,22)(H,19,21). The Labute approximate surface area is 144 Å². The Hall–Kier alpha value is -2.71. The summed E-state index contributed by atoms with van der Waals surface area (Å²) in [5, 5.41) is 5.40. The number of nitrogens with two attached hydrogens (primary N) is 1. The lowest BCUT2D eigenvalue weighted by atomic mass is 10.2. The molecule has 0 atom stereocenters. The predicted molar refractivity (Wildman–Crippen MR) is 92.5 cm³/mol. The molecule has 3 aromatic rings. The lowest BCUT2D eigenvalue weighted by molar-refractivity contribution is -0.116. The normalized spacial score (nSPS) is 10.7. The van der Waals surface area contributed by atoms with Gasteiger partial charge in [-0.2, -0.15) is 0 Å². The molecule has 0 unspecified atom stereocenters. The van der Waals surface area contributed by atoms with Crippen LogP contribution in [0.5, 0.6) is 0 Å². The van der Waals surface area contributed by atoms with Gasteiger partial charge in [-0.3, -0.25) is 19.0 Å². The van der Waals surface area contributed by atoms with Crippen LogP contribution in [0.4, 0.5) is 5.00 Å². The Morgan fingerprint density at radius 2 is 2.12 bits per heavy atom. The van der Waals surface area contributed by atoms with E-state index in [4.69, 9.17) is 17.3 Å². The van der Waals surface area contributed by atoms with Crippen LogP contribution in [0.1, 0.15) is 10.4 Å². The van der Waals surface area contributed by atoms with E-state index in [1.54, 1.807) is 23.6 Å². The average molecular weight is 363 g/mol. The molecule has 0 spiro atoms. The lowest BCUT2D eigenvalue weighted by Gasteiger charge is -2.08. The summed E-state index contributed by atoms with van der Waals surface area (Å²) >= 11 is 7.04. The number of anilines is 1. The molecular weight excluding hydrogens is 352 g/mol. The van der Waals surface area contributed by atoms with Gasteiger partial charge in [0.25, 0.3) is 11.5 Å². The molecule has 0 aliphatic rings. The smallest absolute Gasteiger partial charge is 0.261 e. The number of hydrogen-bond acceptors (Lipinski definition) is 5.